The molecule has 25 heavy (non-hydrogen) atoms. The standard InChI is InChI=1S/C18H21N5O2/c24-18(12-5-8-15(19-10-12)20-13-6-7-13)23-9-1-2-14(23)16-21-17(25-22-16)11-3-4-11/h5,8,10-11,13-14H,1-4,6-7,9H2,(H,19,20)/t14-/m0/s1. The number of nitrogens with zero attached hydrogens (tertiary/aromatic N) is 4. The monoisotopic (exact) mass is 339 g/mol. The van der Waals surface area contributed by atoms with E-state index in [4.69, 9.17) is 4.52 Å². The van der Waals surface area contributed by atoms with Crippen LogP contribution in [0.1, 0.15) is 72.6 Å². The number of likely N-dealkylation sites (tertiary alicyclic amines) is 1. The molecule has 0 aromatic carbocycles. The average Bonchev–Trinajstić information content (AvgIpc) is 3.54. The molecule has 2 aliphatic carbocycles. The van der Waals surface area contributed by atoms with Crippen molar-refractivity contribution in [2.75, 3.05) is 11.9 Å². The predicted octanol–water partition coefficient (Wildman–Crippen LogP) is 2.89. The molecule has 0 radical (unpaired) electrons. The van der Waals surface area contributed by atoms with Crippen LogP contribution in [0.25, 0.3) is 0 Å². The highest BCUT2D eigenvalue weighted by Crippen LogP contribution is 2.40. The maximum atomic E-state index is 12.9. The van der Waals surface area contributed by atoms with Gasteiger partial charge in [0.1, 0.15) is 5.82 Å². The lowest BCUT2D eigenvalue weighted by Crippen LogP contribution is -2.31. The second-order valence-electron chi connectivity index (χ2n) is 7.27. The largest absolute Gasteiger partial charge is 0.367 e. The highest BCUT2D eigenvalue weighted by atomic mass is 16.5. The molecule has 2 saturated carbocycles. The Morgan fingerprint density at radius 3 is 2.80 bits per heavy atom. The van der Waals surface area contributed by atoms with Crippen molar-refractivity contribution in [1.82, 2.24) is 20.0 Å². The fraction of sp³-hybridized carbons (Fsp3) is 0.556. The number of carbonyl (C=O) groups excluding carboxylic acids is 1. The van der Waals surface area contributed by atoms with Gasteiger partial charge in [-0.3, -0.25) is 4.79 Å². The van der Waals surface area contributed by atoms with Crippen LogP contribution >= 0.6 is 0 Å². The molecule has 1 amide bonds. The Hall–Kier alpha value is -2.44. The number of anilines is 1. The Morgan fingerprint density at radius 2 is 2.08 bits per heavy atom. The minimum atomic E-state index is -0.0898. The summed E-state index contributed by atoms with van der Waals surface area (Å²) < 4.78 is 5.37. The lowest BCUT2D eigenvalue weighted by molar-refractivity contribution is 0.0728. The van der Waals surface area contributed by atoms with E-state index in [-0.39, 0.29) is 11.9 Å². The fourth-order valence-corrected chi connectivity index (χ4v) is 3.37. The Labute approximate surface area is 145 Å². The Bertz CT molecular complexity index is 779. The molecule has 3 aliphatic rings. The van der Waals surface area contributed by atoms with E-state index in [0.717, 1.165) is 43.9 Å². The van der Waals surface area contributed by atoms with Gasteiger partial charge in [0.05, 0.1) is 11.6 Å². The summed E-state index contributed by atoms with van der Waals surface area (Å²) in [6, 6.07) is 4.20. The minimum absolute atomic E-state index is 0.00857. The first-order valence-electron chi connectivity index (χ1n) is 9.15. The minimum Gasteiger partial charge on any atom is -0.367 e. The van der Waals surface area contributed by atoms with E-state index in [1.807, 2.05) is 17.0 Å². The van der Waals surface area contributed by atoms with Gasteiger partial charge in [-0.05, 0) is 50.7 Å². The van der Waals surface area contributed by atoms with Gasteiger partial charge in [0.25, 0.3) is 5.91 Å². The van der Waals surface area contributed by atoms with Crippen molar-refractivity contribution in [3.8, 4) is 0 Å². The second-order valence-corrected chi connectivity index (χ2v) is 7.27. The molecule has 7 nitrogen and oxygen atoms in total. The molecule has 2 aromatic rings. The molecule has 0 spiro atoms. The van der Waals surface area contributed by atoms with E-state index in [2.05, 4.69) is 20.4 Å². The van der Waals surface area contributed by atoms with E-state index in [0.29, 0.717) is 23.3 Å². The maximum Gasteiger partial charge on any atom is 0.256 e. The van der Waals surface area contributed by atoms with Gasteiger partial charge >= 0.3 is 0 Å². The smallest absolute Gasteiger partial charge is 0.256 e. The quantitative estimate of drug-likeness (QED) is 0.902. The van der Waals surface area contributed by atoms with Gasteiger partial charge in [-0.2, -0.15) is 4.98 Å². The van der Waals surface area contributed by atoms with Crippen LogP contribution in [-0.4, -0.2) is 38.5 Å². The van der Waals surface area contributed by atoms with Gasteiger partial charge in [0, 0.05) is 24.7 Å². The average molecular weight is 339 g/mol. The van der Waals surface area contributed by atoms with E-state index in [9.17, 15) is 4.79 Å². The summed E-state index contributed by atoms with van der Waals surface area (Å²) in [4.78, 5) is 23.7. The van der Waals surface area contributed by atoms with Gasteiger partial charge in [-0.25, -0.2) is 4.98 Å². The highest BCUT2D eigenvalue weighted by Gasteiger charge is 2.36. The topological polar surface area (TPSA) is 84.2 Å². The van der Waals surface area contributed by atoms with Crippen LogP contribution in [0.15, 0.2) is 22.9 Å². The molecule has 130 valence electrons. The molecule has 0 unspecified atom stereocenters. The molecule has 3 heterocycles. The lowest BCUT2D eigenvalue weighted by Gasteiger charge is -2.22. The van der Waals surface area contributed by atoms with Crippen molar-refractivity contribution < 1.29 is 9.32 Å². The summed E-state index contributed by atoms with van der Waals surface area (Å²) in [5, 5.41) is 7.47. The molecule has 1 atom stereocenters. The SMILES string of the molecule is O=C(c1ccc(NC2CC2)nc1)N1CCC[C@H]1c1noc(C2CC2)n1. The normalized spacial score (nSPS) is 23.0. The molecule has 7 heteroatoms. The summed E-state index contributed by atoms with van der Waals surface area (Å²) in [6.07, 6.45) is 8.15. The zero-order valence-electron chi connectivity index (χ0n) is 14.0. The summed E-state index contributed by atoms with van der Waals surface area (Å²) >= 11 is 0. The van der Waals surface area contributed by atoms with Gasteiger partial charge < -0.3 is 14.7 Å². The zero-order chi connectivity index (χ0) is 16.8. The summed E-state index contributed by atoms with van der Waals surface area (Å²) in [5.41, 5.74) is 0.610. The van der Waals surface area contributed by atoms with E-state index >= 15 is 0 Å². The number of carbonyl (C=O) groups is 1. The van der Waals surface area contributed by atoms with Crippen LogP contribution in [0.2, 0.25) is 0 Å². The molecular formula is C18H21N5O2. The van der Waals surface area contributed by atoms with Crippen molar-refractivity contribution in [2.24, 2.45) is 0 Å². The molecule has 5 rings (SSSR count). The summed E-state index contributed by atoms with van der Waals surface area (Å²) in [6.45, 7) is 0.721. The summed E-state index contributed by atoms with van der Waals surface area (Å²) in [7, 11) is 0. The molecule has 3 fully saturated rings. The highest BCUT2D eigenvalue weighted by molar-refractivity contribution is 5.94. The van der Waals surface area contributed by atoms with Crippen LogP contribution in [0, 0.1) is 0 Å². The van der Waals surface area contributed by atoms with Gasteiger partial charge in [-0.1, -0.05) is 5.16 Å². The molecule has 1 aliphatic heterocycles. The molecule has 0 bridgehead atoms. The van der Waals surface area contributed by atoms with Crippen molar-refractivity contribution in [3.63, 3.8) is 0 Å². The number of amides is 1. The number of nitrogens with one attached hydrogen (secondary N) is 1. The Kier molecular flexibility index (Phi) is 3.46. The van der Waals surface area contributed by atoms with E-state index in [1.54, 1.807) is 6.20 Å². The first kappa shape index (κ1) is 14.9. The third-order valence-corrected chi connectivity index (χ3v) is 5.14. The number of hydrogen-bond acceptors (Lipinski definition) is 6. The number of rotatable bonds is 5. The zero-order valence-corrected chi connectivity index (χ0v) is 14.0. The maximum absolute atomic E-state index is 12.9. The van der Waals surface area contributed by atoms with Gasteiger partial charge in [-0.15, -0.1) is 0 Å². The first-order valence-corrected chi connectivity index (χ1v) is 9.15. The van der Waals surface area contributed by atoms with Crippen LogP contribution in [0.4, 0.5) is 5.82 Å². The third-order valence-electron chi connectivity index (χ3n) is 5.14. The third kappa shape index (κ3) is 2.99. The van der Waals surface area contributed by atoms with Crippen molar-refractivity contribution in [3.05, 3.63) is 35.6 Å². The van der Waals surface area contributed by atoms with Crippen molar-refractivity contribution in [1.29, 1.82) is 0 Å². The van der Waals surface area contributed by atoms with Crippen molar-refractivity contribution in [2.45, 2.75) is 56.5 Å². The first-order chi connectivity index (χ1) is 12.3. The van der Waals surface area contributed by atoms with Crippen LogP contribution in [0.5, 0.6) is 0 Å². The number of pyridine rings is 1. The molecule has 1 saturated heterocycles. The predicted molar refractivity (Wildman–Crippen MR) is 90.2 cm³/mol. The van der Waals surface area contributed by atoms with E-state index in [1.165, 1.54) is 12.8 Å². The van der Waals surface area contributed by atoms with Crippen LogP contribution in [0.3, 0.4) is 0 Å². The van der Waals surface area contributed by atoms with Crippen molar-refractivity contribution >= 4 is 11.7 Å². The van der Waals surface area contributed by atoms with Gasteiger partial charge in [0.2, 0.25) is 5.89 Å². The fourth-order valence-electron chi connectivity index (χ4n) is 3.37. The molecule has 2 aromatic heterocycles. The number of aromatic nitrogens is 3. The number of hydrogen-bond donors (Lipinski definition) is 1. The second kappa shape index (κ2) is 5.82. The van der Waals surface area contributed by atoms with E-state index < -0.39 is 0 Å². The molecule has 1 N–H and O–H groups in total. The Balaban J connectivity index is 1.32. The molecular weight excluding hydrogens is 318 g/mol. The van der Waals surface area contributed by atoms with Gasteiger partial charge in [0.15, 0.2) is 5.82 Å². The van der Waals surface area contributed by atoms with Crippen LogP contribution < -0.4 is 5.32 Å². The Morgan fingerprint density at radius 1 is 1.20 bits per heavy atom. The van der Waals surface area contributed by atoms with Crippen LogP contribution in [-0.2, 0) is 0 Å². The summed E-state index contributed by atoms with van der Waals surface area (Å²) in [5.74, 6) is 2.64. The lowest BCUT2D eigenvalue weighted by atomic mass is 10.2.